The highest BCUT2D eigenvalue weighted by Gasteiger charge is 2.34. The number of halogens is 1. The summed E-state index contributed by atoms with van der Waals surface area (Å²) in [5.74, 6) is 2.21. The van der Waals surface area contributed by atoms with E-state index in [4.69, 9.17) is 0 Å². The summed E-state index contributed by atoms with van der Waals surface area (Å²) >= 11 is 2.48. The summed E-state index contributed by atoms with van der Waals surface area (Å²) in [4.78, 5) is 0. The highest BCUT2D eigenvalue weighted by Crippen LogP contribution is 2.44. The smallest absolute Gasteiger partial charge is 0.0111 e. The second-order valence-electron chi connectivity index (χ2n) is 3.02. The zero-order valence-corrected chi connectivity index (χ0v) is 9.43. The highest BCUT2D eigenvalue weighted by molar-refractivity contribution is 14.1. The first-order valence-corrected chi connectivity index (χ1v) is 6.88. The van der Waals surface area contributed by atoms with Gasteiger partial charge in [-0.25, -0.2) is 0 Å². The molecule has 0 aromatic carbocycles. The van der Waals surface area contributed by atoms with E-state index in [9.17, 15) is 0 Å². The first-order valence-electron chi connectivity index (χ1n) is 3.94. The molecule has 0 aromatic rings. The molecule has 0 heterocycles. The third-order valence-corrected chi connectivity index (χ3v) is 3.51. The maximum absolute atomic E-state index is 3.88. The van der Waals surface area contributed by atoms with Crippen LogP contribution in [0.3, 0.4) is 0 Å². The first kappa shape index (κ1) is 8.91. The fourth-order valence-electron chi connectivity index (χ4n) is 1.45. The van der Waals surface area contributed by atoms with E-state index in [1.807, 2.05) is 0 Å². The van der Waals surface area contributed by atoms with E-state index < -0.39 is 0 Å². The first-order chi connectivity index (χ1) is 4.88. The quantitative estimate of drug-likeness (QED) is 0.407. The van der Waals surface area contributed by atoms with E-state index in [2.05, 4.69) is 28.8 Å². The number of rotatable bonds is 5. The van der Waals surface area contributed by atoms with Crippen LogP contribution in [-0.4, -0.2) is 19.7 Å². The van der Waals surface area contributed by atoms with Gasteiger partial charge in [-0.2, -0.15) is 0 Å². The molecule has 57 valence electrons. The molecule has 0 bridgehead atoms. The second kappa shape index (κ2) is 4.65. The van der Waals surface area contributed by atoms with Crippen molar-refractivity contribution >= 4 is 37.9 Å². The minimum Gasteiger partial charge on any atom is -0.118 e. The van der Waals surface area contributed by atoms with E-state index in [-0.39, 0.29) is 0 Å². The number of hydrogen-bond acceptors (Lipinski definition) is 0. The molecule has 0 nitrogen and oxygen atoms in total. The van der Waals surface area contributed by atoms with Gasteiger partial charge in [0.15, 0.2) is 0 Å². The lowest BCUT2D eigenvalue weighted by molar-refractivity contribution is 0.670. The van der Waals surface area contributed by atoms with Gasteiger partial charge in [0.1, 0.15) is 0 Å². The summed E-state index contributed by atoms with van der Waals surface area (Å²) in [6, 6.07) is 1.38. The average Bonchev–Trinajstić information content (AvgIpc) is 2.65. The Bertz CT molecular complexity index is 114. The summed E-state index contributed by atoms with van der Waals surface area (Å²) in [5, 5.41) is 0. The molecule has 0 amide bonds. The normalized spacial score (nSPS) is 30.1. The van der Waals surface area contributed by atoms with Crippen molar-refractivity contribution in [3.63, 3.8) is 0 Å². The lowest BCUT2D eigenvalue weighted by atomic mass is 10.2. The molecule has 0 aromatic heterocycles. The van der Waals surface area contributed by atoms with Gasteiger partial charge in [-0.1, -0.05) is 22.6 Å². The van der Waals surface area contributed by atoms with E-state index in [0.29, 0.717) is 0 Å². The molecule has 0 saturated heterocycles. The molecular formula is C8H14ISi. The summed E-state index contributed by atoms with van der Waals surface area (Å²) in [6.45, 7) is 0. The second-order valence-corrected chi connectivity index (χ2v) is 5.10. The van der Waals surface area contributed by atoms with Crippen LogP contribution in [0.2, 0.25) is 6.04 Å². The number of alkyl halides is 1. The van der Waals surface area contributed by atoms with Crippen molar-refractivity contribution in [3.05, 3.63) is 0 Å². The molecule has 0 N–H and O–H groups in total. The minimum absolute atomic E-state index is 0.930. The van der Waals surface area contributed by atoms with Gasteiger partial charge >= 0.3 is 0 Å². The van der Waals surface area contributed by atoms with Crippen molar-refractivity contribution in [2.75, 3.05) is 4.43 Å². The third kappa shape index (κ3) is 2.82. The van der Waals surface area contributed by atoms with Gasteiger partial charge < -0.3 is 0 Å². The Kier molecular flexibility index (Phi) is 4.14. The Morgan fingerprint density at radius 3 is 2.70 bits per heavy atom. The molecule has 1 aliphatic carbocycles. The summed E-state index contributed by atoms with van der Waals surface area (Å²) in [6.07, 6.45) is 8.33. The van der Waals surface area contributed by atoms with Crippen LogP contribution >= 0.6 is 22.6 Å². The average molecular weight is 265 g/mol. The molecular weight excluding hydrogens is 251 g/mol. The predicted molar refractivity (Wildman–Crippen MR) is 57.4 cm³/mol. The van der Waals surface area contributed by atoms with Crippen molar-refractivity contribution in [1.82, 2.24) is 0 Å². The van der Waals surface area contributed by atoms with Gasteiger partial charge in [0.25, 0.3) is 0 Å². The zero-order valence-electron chi connectivity index (χ0n) is 6.28. The Morgan fingerprint density at radius 2 is 2.10 bits per heavy atom. The third-order valence-electron chi connectivity index (χ3n) is 2.24. The summed E-state index contributed by atoms with van der Waals surface area (Å²) in [7, 11) is 0.930. The Morgan fingerprint density at radius 1 is 1.40 bits per heavy atom. The van der Waals surface area contributed by atoms with Crippen LogP contribution in [-0.2, 0) is 0 Å². The molecule has 10 heavy (non-hydrogen) atoms. The van der Waals surface area contributed by atoms with E-state index in [0.717, 1.165) is 21.0 Å². The Hall–Kier alpha value is 0.817. The molecule has 1 aliphatic rings. The molecule has 2 unspecified atom stereocenters. The largest absolute Gasteiger partial charge is 0.118 e. The van der Waals surface area contributed by atoms with Crippen LogP contribution in [0.4, 0.5) is 0 Å². The van der Waals surface area contributed by atoms with Gasteiger partial charge in [-0.05, 0) is 41.6 Å². The van der Waals surface area contributed by atoms with Crippen LogP contribution in [0, 0.1) is 11.8 Å². The minimum atomic E-state index is 0.930. The maximum Gasteiger partial charge on any atom is 0.0111 e. The van der Waals surface area contributed by atoms with Crippen LogP contribution in [0.5, 0.6) is 0 Å². The Balaban J connectivity index is 1.96. The van der Waals surface area contributed by atoms with E-state index >= 15 is 0 Å². The van der Waals surface area contributed by atoms with Gasteiger partial charge in [0.2, 0.25) is 0 Å². The topological polar surface area (TPSA) is 0 Å². The summed E-state index contributed by atoms with van der Waals surface area (Å²) in [5.41, 5.74) is 0. The van der Waals surface area contributed by atoms with E-state index in [1.165, 1.54) is 29.7 Å². The summed E-state index contributed by atoms with van der Waals surface area (Å²) < 4.78 is 1.35. The van der Waals surface area contributed by atoms with E-state index in [1.54, 1.807) is 0 Å². The lowest BCUT2D eigenvalue weighted by Crippen LogP contribution is -1.85. The van der Waals surface area contributed by atoms with Crippen molar-refractivity contribution in [1.29, 1.82) is 0 Å². The van der Waals surface area contributed by atoms with Crippen molar-refractivity contribution < 1.29 is 0 Å². The van der Waals surface area contributed by atoms with Crippen LogP contribution < -0.4 is 0 Å². The van der Waals surface area contributed by atoms with Crippen molar-refractivity contribution in [2.24, 2.45) is 11.8 Å². The van der Waals surface area contributed by atoms with Gasteiger partial charge in [-0.3, -0.25) is 0 Å². The van der Waals surface area contributed by atoms with Gasteiger partial charge in [0, 0.05) is 9.13 Å². The molecule has 1 fully saturated rings. The molecule has 0 spiro atoms. The van der Waals surface area contributed by atoms with Gasteiger partial charge in [0.05, 0.1) is 0 Å². The Labute approximate surface area is 79.4 Å². The molecule has 1 radical (unpaired) electrons. The zero-order chi connectivity index (χ0) is 7.40. The standard InChI is InChI=1S/C8H14ISi/c1-10-5-3-8-6-7(8)2-4-9/h7-8H,1-6H2. The maximum atomic E-state index is 3.88. The highest BCUT2D eigenvalue weighted by atomic mass is 127. The molecule has 1 saturated carbocycles. The van der Waals surface area contributed by atoms with Crippen LogP contribution in [0.15, 0.2) is 0 Å². The van der Waals surface area contributed by atoms with Crippen molar-refractivity contribution in [3.8, 4) is 0 Å². The van der Waals surface area contributed by atoms with Crippen LogP contribution in [0.1, 0.15) is 19.3 Å². The van der Waals surface area contributed by atoms with Crippen molar-refractivity contribution in [2.45, 2.75) is 25.3 Å². The molecule has 1 rings (SSSR count). The predicted octanol–water partition coefficient (Wildman–Crippen LogP) is 2.39. The molecule has 2 heteroatoms. The monoisotopic (exact) mass is 265 g/mol. The van der Waals surface area contributed by atoms with Gasteiger partial charge in [-0.15, -0.1) is 6.17 Å². The molecule has 0 aliphatic heterocycles. The fourth-order valence-corrected chi connectivity index (χ4v) is 2.82. The van der Waals surface area contributed by atoms with Crippen LogP contribution in [0.25, 0.3) is 0 Å². The fraction of sp³-hybridized carbons (Fsp3) is 0.875. The SMILES string of the molecule is C=[Si]CCC1CC1CCI. The lowest BCUT2D eigenvalue weighted by Gasteiger charge is -1.93. The molecule has 2 atom stereocenters. The number of hydrogen-bond donors (Lipinski definition) is 0.